The Morgan fingerprint density at radius 3 is 1.55 bits per heavy atom. The van der Waals surface area contributed by atoms with E-state index in [2.05, 4.69) is 4.74 Å². The molecule has 0 aromatic heterocycles. The average molecular weight is 178 g/mol. The summed E-state index contributed by atoms with van der Waals surface area (Å²) in [6.07, 6.45) is -4.54. The minimum absolute atomic E-state index is 0.0833. The smallest absolute Gasteiger partial charge is 0.295 e. The average Bonchev–Trinajstić information content (AvgIpc) is 1.88. The van der Waals surface area contributed by atoms with Crippen molar-refractivity contribution in [2.24, 2.45) is 0 Å². The predicted octanol–water partition coefficient (Wildman–Crippen LogP) is 2.94. The van der Waals surface area contributed by atoms with Crippen molar-refractivity contribution >= 4 is 0 Å². The standard InChI is InChI=1S/C3H4F2.C2H3F3O/c1-3(5)2-4;1-6-2(3,4)5/h2H,1H3;1H3/b3-2+;. The third-order valence-corrected chi connectivity index (χ3v) is 0.382. The highest BCUT2D eigenvalue weighted by molar-refractivity contribution is 4.75. The van der Waals surface area contributed by atoms with E-state index in [4.69, 9.17) is 0 Å². The maximum atomic E-state index is 10.9. The second kappa shape index (κ2) is 6.09. The minimum Gasteiger partial charge on any atom is -0.295 e. The summed E-state index contributed by atoms with van der Waals surface area (Å²) in [5, 5.41) is 0. The molecular weight excluding hydrogens is 171 g/mol. The van der Waals surface area contributed by atoms with Gasteiger partial charge in [-0.25, -0.2) is 8.78 Å². The highest BCUT2D eigenvalue weighted by Crippen LogP contribution is 2.13. The van der Waals surface area contributed by atoms with Crippen LogP contribution in [0.25, 0.3) is 0 Å². The number of rotatable bonds is 0. The van der Waals surface area contributed by atoms with Gasteiger partial charge in [-0.1, -0.05) is 0 Å². The van der Waals surface area contributed by atoms with E-state index in [1.54, 1.807) is 0 Å². The number of hydrogen-bond acceptors (Lipinski definition) is 1. The number of halogens is 5. The lowest BCUT2D eigenvalue weighted by molar-refractivity contribution is -0.311. The summed E-state index contributed by atoms with van der Waals surface area (Å²) in [5.74, 6) is -0.787. The number of hydrogen-bond donors (Lipinski definition) is 0. The van der Waals surface area contributed by atoms with E-state index in [0.717, 1.165) is 6.92 Å². The molecular formula is C5H7F5O. The molecule has 0 aliphatic carbocycles. The van der Waals surface area contributed by atoms with Crippen LogP contribution in [-0.4, -0.2) is 13.5 Å². The fraction of sp³-hybridized carbons (Fsp3) is 0.600. The summed E-state index contributed by atoms with van der Waals surface area (Å²) in [6, 6.07) is 0. The fourth-order valence-electron chi connectivity index (χ4n) is 0. The van der Waals surface area contributed by atoms with Crippen LogP contribution in [0, 0.1) is 0 Å². The van der Waals surface area contributed by atoms with Crippen LogP contribution in [0.15, 0.2) is 12.2 Å². The molecule has 0 heterocycles. The molecule has 0 rings (SSSR count). The normalized spacial score (nSPS) is 12.1. The Kier molecular flexibility index (Phi) is 7.18. The molecule has 0 spiro atoms. The van der Waals surface area contributed by atoms with E-state index in [-0.39, 0.29) is 6.33 Å². The number of ether oxygens (including phenoxy) is 1. The van der Waals surface area contributed by atoms with E-state index in [1.165, 1.54) is 0 Å². The monoisotopic (exact) mass is 178 g/mol. The molecule has 0 N–H and O–H groups in total. The molecule has 11 heavy (non-hydrogen) atoms. The van der Waals surface area contributed by atoms with Crippen molar-refractivity contribution in [3.63, 3.8) is 0 Å². The zero-order valence-corrected chi connectivity index (χ0v) is 5.88. The van der Waals surface area contributed by atoms with E-state index >= 15 is 0 Å². The van der Waals surface area contributed by atoms with Gasteiger partial charge in [0.15, 0.2) is 0 Å². The summed E-state index contributed by atoms with van der Waals surface area (Å²) < 4.78 is 56.1. The predicted molar refractivity (Wildman–Crippen MR) is 29.0 cm³/mol. The van der Waals surface area contributed by atoms with E-state index in [9.17, 15) is 22.0 Å². The first-order valence-electron chi connectivity index (χ1n) is 2.38. The SMILES string of the molecule is C/C(F)=C\F.COC(F)(F)F. The Morgan fingerprint density at radius 1 is 1.36 bits per heavy atom. The van der Waals surface area contributed by atoms with Crippen molar-refractivity contribution in [1.29, 1.82) is 0 Å². The molecule has 0 atom stereocenters. The summed E-state index contributed by atoms with van der Waals surface area (Å²) in [6.45, 7) is 1.04. The molecule has 0 fully saturated rings. The summed E-state index contributed by atoms with van der Waals surface area (Å²) in [7, 11) is 0.583. The maximum absolute atomic E-state index is 10.9. The highest BCUT2D eigenvalue weighted by Gasteiger charge is 2.25. The van der Waals surface area contributed by atoms with Crippen LogP contribution in [0.4, 0.5) is 22.0 Å². The third kappa shape index (κ3) is 26.7. The molecule has 0 saturated heterocycles. The lowest BCUT2D eigenvalue weighted by atomic mass is 10.7. The van der Waals surface area contributed by atoms with Gasteiger partial charge in [-0.05, 0) is 6.92 Å². The summed E-state index contributed by atoms with van der Waals surface area (Å²) in [5.41, 5.74) is 0. The zero-order valence-electron chi connectivity index (χ0n) is 5.88. The van der Waals surface area contributed by atoms with Crippen molar-refractivity contribution in [3.8, 4) is 0 Å². The van der Waals surface area contributed by atoms with Crippen LogP contribution in [0.3, 0.4) is 0 Å². The lowest BCUT2D eigenvalue weighted by Gasteiger charge is -1.97. The molecule has 0 amide bonds. The molecule has 0 radical (unpaired) electrons. The van der Waals surface area contributed by atoms with Gasteiger partial charge in [-0.2, -0.15) is 0 Å². The third-order valence-electron chi connectivity index (χ3n) is 0.382. The van der Waals surface area contributed by atoms with Crippen molar-refractivity contribution in [3.05, 3.63) is 12.2 Å². The summed E-state index contributed by atoms with van der Waals surface area (Å²) in [4.78, 5) is 0. The van der Waals surface area contributed by atoms with Gasteiger partial charge in [0.05, 0.1) is 0 Å². The molecule has 0 saturated carbocycles. The van der Waals surface area contributed by atoms with Gasteiger partial charge in [0.2, 0.25) is 0 Å². The Labute approximate surface area is 60.5 Å². The van der Waals surface area contributed by atoms with Gasteiger partial charge in [0, 0.05) is 7.11 Å². The van der Waals surface area contributed by atoms with E-state index in [0.29, 0.717) is 7.11 Å². The summed E-state index contributed by atoms with van der Waals surface area (Å²) >= 11 is 0. The van der Waals surface area contributed by atoms with E-state index < -0.39 is 12.2 Å². The molecule has 6 heteroatoms. The van der Waals surface area contributed by atoms with Crippen LogP contribution < -0.4 is 0 Å². The van der Waals surface area contributed by atoms with Crippen LogP contribution in [0.1, 0.15) is 6.92 Å². The van der Waals surface area contributed by atoms with Crippen molar-refractivity contribution in [1.82, 2.24) is 0 Å². The second-order valence-corrected chi connectivity index (χ2v) is 1.35. The van der Waals surface area contributed by atoms with Crippen LogP contribution in [0.2, 0.25) is 0 Å². The molecule has 0 aliphatic heterocycles. The largest absolute Gasteiger partial charge is 0.522 e. The van der Waals surface area contributed by atoms with Crippen LogP contribution >= 0.6 is 0 Å². The molecule has 68 valence electrons. The lowest BCUT2D eigenvalue weighted by Crippen LogP contribution is -2.08. The zero-order chi connectivity index (χ0) is 9.49. The maximum Gasteiger partial charge on any atom is 0.522 e. The first-order valence-corrected chi connectivity index (χ1v) is 2.38. The highest BCUT2D eigenvalue weighted by atomic mass is 19.4. The van der Waals surface area contributed by atoms with E-state index in [1.807, 2.05) is 0 Å². The van der Waals surface area contributed by atoms with Crippen molar-refractivity contribution < 1.29 is 26.7 Å². The first-order chi connectivity index (χ1) is 4.83. The van der Waals surface area contributed by atoms with Gasteiger partial charge in [0.1, 0.15) is 12.2 Å². The van der Waals surface area contributed by atoms with Crippen molar-refractivity contribution in [2.45, 2.75) is 13.3 Å². The van der Waals surface area contributed by atoms with Gasteiger partial charge in [-0.15, -0.1) is 13.2 Å². The second-order valence-electron chi connectivity index (χ2n) is 1.35. The Balaban J connectivity index is 0. The molecule has 0 aromatic carbocycles. The number of methoxy groups -OCH3 is 1. The number of allylic oxidation sites excluding steroid dienone is 1. The van der Waals surface area contributed by atoms with Crippen LogP contribution in [-0.2, 0) is 4.74 Å². The van der Waals surface area contributed by atoms with Crippen LogP contribution in [0.5, 0.6) is 0 Å². The fourth-order valence-corrected chi connectivity index (χ4v) is 0. The van der Waals surface area contributed by atoms with Gasteiger partial charge in [-0.3, -0.25) is 4.74 Å². The quantitative estimate of drug-likeness (QED) is 0.518. The molecule has 0 aliphatic rings. The number of alkyl halides is 3. The Hall–Kier alpha value is -0.650. The Morgan fingerprint density at radius 2 is 1.55 bits per heavy atom. The van der Waals surface area contributed by atoms with Gasteiger partial charge >= 0.3 is 6.36 Å². The van der Waals surface area contributed by atoms with Gasteiger partial charge in [0.25, 0.3) is 0 Å². The topological polar surface area (TPSA) is 9.23 Å². The molecule has 0 aromatic rings. The van der Waals surface area contributed by atoms with Gasteiger partial charge < -0.3 is 0 Å². The molecule has 1 nitrogen and oxygen atoms in total. The first kappa shape index (κ1) is 13.0. The Bertz CT molecular complexity index is 113. The van der Waals surface area contributed by atoms with Crippen molar-refractivity contribution in [2.75, 3.05) is 7.11 Å². The molecule has 0 bridgehead atoms. The minimum atomic E-state index is -4.46. The molecule has 0 unspecified atom stereocenters.